The molecular formula is C18H21ClN2O4. The van der Waals surface area contributed by atoms with Gasteiger partial charge in [0.2, 0.25) is 0 Å². The normalized spacial score (nSPS) is 10.4. The predicted octanol–water partition coefficient (Wildman–Crippen LogP) is 2.97. The Kier molecular flexibility index (Phi) is 6.91. The number of carbonyl (C=O) groups excluding carboxylic acids is 1. The molecule has 0 aliphatic rings. The highest BCUT2D eigenvalue weighted by atomic mass is 35.5. The predicted molar refractivity (Wildman–Crippen MR) is 97.2 cm³/mol. The van der Waals surface area contributed by atoms with Gasteiger partial charge in [-0.2, -0.15) is 0 Å². The minimum atomic E-state index is -0.584. The molecular weight excluding hydrogens is 344 g/mol. The van der Waals surface area contributed by atoms with Gasteiger partial charge in [-0.15, -0.1) is 0 Å². The molecule has 0 radical (unpaired) electrons. The molecule has 1 amide bonds. The Balaban J connectivity index is 2.10. The second-order valence-electron chi connectivity index (χ2n) is 5.35. The van der Waals surface area contributed by atoms with Crippen LogP contribution >= 0.6 is 11.6 Å². The van der Waals surface area contributed by atoms with Gasteiger partial charge in [-0.25, -0.2) is 0 Å². The molecule has 3 N–H and O–H groups in total. The molecule has 0 saturated heterocycles. The minimum absolute atomic E-state index is 0.264. The molecule has 2 aromatic carbocycles. The molecule has 0 bridgehead atoms. The number of methoxy groups -OCH3 is 2. The molecule has 7 heteroatoms. The number of benzene rings is 2. The standard InChI is InChI=1S/C18H21ClN2O4/c1-23-10-12-4-3-5-14(6-12)21-9-13-7-15(19)18(16(8-13)24-2)25-11-17(20)22/h3-8,21H,9-11H2,1-2H3,(H2,20,22). The van der Waals surface area contributed by atoms with Crippen LogP contribution < -0.4 is 20.5 Å². The number of nitrogens with two attached hydrogens (primary N) is 1. The van der Waals surface area contributed by atoms with Crippen LogP contribution in [-0.2, 0) is 22.7 Å². The second-order valence-corrected chi connectivity index (χ2v) is 5.76. The molecule has 0 aromatic heterocycles. The third-order valence-corrected chi connectivity index (χ3v) is 3.66. The van der Waals surface area contributed by atoms with Crippen molar-refractivity contribution in [1.29, 1.82) is 0 Å². The van der Waals surface area contributed by atoms with Gasteiger partial charge >= 0.3 is 0 Å². The van der Waals surface area contributed by atoms with Crippen molar-refractivity contribution in [2.45, 2.75) is 13.2 Å². The summed E-state index contributed by atoms with van der Waals surface area (Å²) in [6, 6.07) is 11.5. The van der Waals surface area contributed by atoms with E-state index in [2.05, 4.69) is 5.32 Å². The summed E-state index contributed by atoms with van der Waals surface area (Å²) >= 11 is 6.24. The summed E-state index contributed by atoms with van der Waals surface area (Å²) in [5.74, 6) is 0.160. The van der Waals surface area contributed by atoms with Gasteiger partial charge in [0.15, 0.2) is 18.1 Å². The molecule has 0 spiro atoms. The molecule has 0 saturated carbocycles. The zero-order valence-electron chi connectivity index (χ0n) is 14.2. The number of rotatable bonds is 9. The summed E-state index contributed by atoms with van der Waals surface area (Å²) in [4.78, 5) is 10.9. The number of amides is 1. The van der Waals surface area contributed by atoms with Gasteiger partial charge in [-0.1, -0.05) is 23.7 Å². The van der Waals surface area contributed by atoms with Gasteiger partial charge in [0.25, 0.3) is 5.91 Å². The summed E-state index contributed by atoms with van der Waals surface area (Å²) in [6.07, 6.45) is 0. The van der Waals surface area contributed by atoms with Gasteiger partial charge < -0.3 is 25.3 Å². The third-order valence-electron chi connectivity index (χ3n) is 3.38. The van der Waals surface area contributed by atoms with Crippen LogP contribution in [0.5, 0.6) is 11.5 Å². The summed E-state index contributed by atoms with van der Waals surface area (Å²) in [7, 11) is 3.17. The van der Waals surface area contributed by atoms with Crippen molar-refractivity contribution in [2.24, 2.45) is 5.73 Å². The Hall–Kier alpha value is -2.44. The van der Waals surface area contributed by atoms with E-state index in [9.17, 15) is 4.79 Å². The quantitative estimate of drug-likeness (QED) is 0.714. The monoisotopic (exact) mass is 364 g/mol. The number of primary amides is 1. The lowest BCUT2D eigenvalue weighted by molar-refractivity contribution is -0.119. The Morgan fingerprint density at radius 1 is 1.20 bits per heavy atom. The van der Waals surface area contributed by atoms with E-state index in [1.165, 1.54) is 7.11 Å². The average molecular weight is 365 g/mol. The molecule has 2 aromatic rings. The Morgan fingerprint density at radius 2 is 2.00 bits per heavy atom. The number of halogens is 1. The van der Waals surface area contributed by atoms with E-state index in [4.69, 9.17) is 31.5 Å². The number of carbonyl (C=O) groups is 1. The second kappa shape index (κ2) is 9.15. The molecule has 25 heavy (non-hydrogen) atoms. The first-order chi connectivity index (χ1) is 12.0. The van der Waals surface area contributed by atoms with Crippen molar-refractivity contribution < 1.29 is 19.0 Å². The van der Waals surface area contributed by atoms with Crippen LogP contribution in [0.15, 0.2) is 36.4 Å². The van der Waals surface area contributed by atoms with Crippen molar-refractivity contribution in [3.05, 3.63) is 52.5 Å². The molecule has 0 fully saturated rings. The maximum Gasteiger partial charge on any atom is 0.255 e. The van der Waals surface area contributed by atoms with E-state index in [-0.39, 0.29) is 6.61 Å². The van der Waals surface area contributed by atoms with E-state index < -0.39 is 5.91 Å². The zero-order valence-corrected chi connectivity index (χ0v) is 14.9. The average Bonchev–Trinajstić information content (AvgIpc) is 2.59. The lowest BCUT2D eigenvalue weighted by atomic mass is 10.1. The summed E-state index contributed by atoms with van der Waals surface area (Å²) in [5.41, 5.74) is 8.05. The van der Waals surface area contributed by atoms with E-state index >= 15 is 0 Å². The molecule has 0 unspecified atom stereocenters. The number of nitrogens with one attached hydrogen (secondary N) is 1. The highest BCUT2D eigenvalue weighted by Crippen LogP contribution is 2.36. The summed E-state index contributed by atoms with van der Waals surface area (Å²) in [5, 5.41) is 3.68. The lowest BCUT2D eigenvalue weighted by Crippen LogP contribution is -2.20. The van der Waals surface area contributed by atoms with Crippen LogP contribution in [-0.4, -0.2) is 26.7 Å². The van der Waals surface area contributed by atoms with Gasteiger partial charge in [-0.3, -0.25) is 4.79 Å². The lowest BCUT2D eigenvalue weighted by Gasteiger charge is -2.14. The fraction of sp³-hybridized carbons (Fsp3) is 0.278. The van der Waals surface area contributed by atoms with E-state index in [0.29, 0.717) is 29.7 Å². The fourth-order valence-corrected chi connectivity index (χ4v) is 2.59. The van der Waals surface area contributed by atoms with Crippen molar-refractivity contribution in [1.82, 2.24) is 0 Å². The molecule has 0 aliphatic carbocycles. The van der Waals surface area contributed by atoms with Crippen LogP contribution in [0.25, 0.3) is 0 Å². The molecule has 6 nitrogen and oxygen atoms in total. The van der Waals surface area contributed by atoms with Crippen LogP contribution in [0.4, 0.5) is 5.69 Å². The Labute approximate surface area is 151 Å². The van der Waals surface area contributed by atoms with Crippen LogP contribution in [0, 0.1) is 0 Å². The first-order valence-electron chi connectivity index (χ1n) is 7.62. The number of anilines is 1. The zero-order chi connectivity index (χ0) is 18.2. The maximum absolute atomic E-state index is 10.9. The molecule has 2 rings (SSSR count). The van der Waals surface area contributed by atoms with Crippen molar-refractivity contribution >= 4 is 23.2 Å². The van der Waals surface area contributed by atoms with Crippen LogP contribution in [0.1, 0.15) is 11.1 Å². The number of hydrogen-bond donors (Lipinski definition) is 2. The topological polar surface area (TPSA) is 82.8 Å². The van der Waals surface area contributed by atoms with Crippen molar-refractivity contribution in [3.8, 4) is 11.5 Å². The Bertz CT molecular complexity index is 737. The van der Waals surface area contributed by atoms with Gasteiger partial charge in [0.1, 0.15) is 0 Å². The van der Waals surface area contributed by atoms with Crippen molar-refractivity contribution in [3.63, 3.8) is 0 Å². The molecule has 0 aliphatic heterocycles. The van der Waals surface area contributed by atoms with E-state index in [1.807, 2.05) is 24.3 Å². The highest BCUT2D eigenvalue weighted by Gasteiger charge is 2.13. The molecule has 0 atom stereocenters. The van der Waals surface area contributed by atoms with Gasteiger partial charge in [-0.05, 0) is 35.4 Å². The summed E-state index contributed by atoms with van der Waals surface area (Å²) in [6.45, 7) is 0.837. The van der Waals surface area contributed by atoms with Gasteiger partial charge in [0.05, 0.1) is 18.7 Å². The first kappa shape index (κ1) is 18.9. The van der Waals surface area contributed by atoms with Gasteiger partial charge in [0, 0.05) is 19.3 Å². The highest BCUT2D eigenvalue weighted by molar-refractivity contribution is 6.32. The SMILES string of the molecule is COCc1cccc(NCc2cc(Cl)c(OCC(N)=O)c(OC)c2)c1. The minimum Gasteiger partial charge on any atom is -0.493 e. The molecule has 134 valence electrons. The number of hydrogen-bond acceptors (Lipinski definition) is 5. The van der Waals surface area contributed by atoms with E-state index in [1.54, 1.807) is 19.2 Å². The van der Waals surface area contributed by atoms with Crippen LogP contribution in [0.3, 0.4) is 0 Å². The third kappa shape index (κ3) is 5.55. The Morgan fingerprint density at radius 3 is 2.68 bits per heavy atom. The van der Waals surface area contributed by atoms with E-state index in [0.717, 1.165) is 16.8 Å². The molecule has 0 heterocycles. The fourth-order valence-electron chi connectivity index (χ4n) is 2.30. The maximum atomic E-state index is 10.9. The summed E-state index contributed by atoms with van der Waals surface area (Å²) < 4.78 is 15.7. The number of ether oxygens (including phenoxy) is 3. The largest absolute Gasteiger partial charge is 0.493 e. The first-order valence-corrected chi connectivity index (χ1v) is 8.00. The van der Waals surface area contributed by atoms with Crippen LogP contribution in [0.2, 0.25) is 5.02 Å². The van der Waals surface area contributed by atoms with Crippen molar-refractivity contribution in [2.75, 3.05) is 26.1 Å². The smallest absolute Gasteiger partial charge is 0.255 e.